The number of carbonyl (C=O) groups is 4. The fraction of sp³-hybridized carbons (Fsp3) is 0.308. The summed E-state index contributed by atoms with van der Waals surface area (Å²) in [6.07, 6.45) is 7.21. The SMILES string of the molecule is C=CCNCc1cc2c(OCC(=O)O)c(c1)Cc1cc(CNCC=C)cc(c1OCC(=O)O)Cc1cc(CNCC=C)cc(c1OCC(=O)O)Cc1cc(CNCC=C)cc(c1OCC(=O)O)C2. The van der Waals surface area contributed by atoms with E-state index in [4.69, 9.17) is 18.9 Å². The van der Waals surface area contributed by atoms with Crippen molar-refractivity contribution in [2.75, 3.05) is 52.6 Å². The average Bonchev–Trinajstić information content (AvgIpc) is 3.27. The van der Waals surface area contributed by atoms with E-state index in [2.05, 4.69) is 47.6 Å². The van der Waals surface area contributed by atoms with Gasteiger partial charge in [-0.05, 0) is 66.8 Å². The second-order valence-corrected chi connectivity index (χ2v) is 16.1. The number of benzene rings is 4. The van der Waals surface area contributed by atoms with E-state index < -0.39 is 50.3 Å². The minimum Gasteiger partial charge on any atom is -0.481 e. The summed E-state index contributed by atoms with van der Waals surface area (Å²) in [5.74, 6) is -3.80. The first-order valence-corrected chi connectivity index (χ1v) is 22.1. The molecule has 0 spiro atoms. The zero-order valence-corrected chi connectivity index (χ0v) is 38.1. The van der Waals surface area contributed by atoms with Gasteiger partial charge in [-0.15, -0.1) is 26.3 Å². The third kappa shape index (κ3) is 15.4. The number of carboxylic acids is 4. The van der Waals surface area contributed by atoms with Crippen LogP contribution in [0.3, 0.4) is 0 Å². The molecule has 0 fully saturated rings. The van der Waals surface area contributed by atoms with Gasteiger partial charge < -0.3 is 60.6 Å². The first kappa shape index (κ1) is 51.7. The molecule has 4 aromatic carbocycles. The summed E-state index contributed by atoms with van der Waals surface area (Å²) < 4.78 is 24.9. The highest BCUT2D eigenvalue weighted by Gasteiger charge is 2.26. The Morgan fingerprint density at radius 2 is 0.559 bits per heavy atom. The number of carboxylic acid groups (broad SMARTS) is 4. The van der Waals surface area contributed by atoms with Gasteiger partial charge in [0, 0.05) is 78.0 Å². The van der Waals surface area contributed by atoms with E-state index >= 15 is 0 Å². The molecule has 0 saturated carbocycles. The summed E-state index contributed by atoms with van der Waals surface area (Å²) in [5.41, 5.74) is 7.74. The van der Waals surface area contributed by atoms with Gasteiger partial charge in [0.2, 0.25) is 0 Å². The van der Waals surface area contributed by atoms with Crippen LogP contribution in [0.25, 0.3) is 0 Å². The maximum absolute atomic E-state index is 12.2. The topological polar surface area (TPSA) is 234 Å². The van der Waals surface area contributed by atoms with Gasteiger partial charge in [-0.1, -0.05) is 72.8 Å². The van der Waals surface area contributed by atoms with Gasteiger partial charge in [-0.3, -0.25) is 0 Å². The molecule has 0 aliphatic heterocycles. The maximum Gasteiger partial charge on any atom is 0.341 e. The van der Waals surface area contributed by atoms with Crippen LogP contribution in [0.1, 0.15) is 66.8 Å². The Morgan fingerprint density at radius 3 is 0.706 bits per heavy atom. The lowest BCUT2D eigenvalue weighted by Gasteiger charge is -2.24. The van der Waals surface area contributed by atoms with E-state index in [0.717, 1.165) is 22.3 Å². The van der Waals surface area contributed by atoms with Gasteiger partial charge in [-0.25, -0.2) is 19.2 Å². The summed E-state index contributed by atoms with van der Waals surface area (Å²) >= 11 is 0. The molecule has 4 aromatic rings. The number of nitrogens with one attached hydrogen (secondary N) is 4. The molecular weight excluding hydrogens is 873 g/mol. The Hall–Kier alpha value is -7.24. The highest BCUT2D eigenvalue weighted by molar-refractivity contribution is 5.71. The van der Waals surface area contributed by atoms with Crippen molar-refractivity contribution in [1.29, 1.82) is 0 Å². The Kier molecular flexibility index (Phi) is 19.9. The molecule has 360 valence electrons. The second kappa shape index (κ2) is 26.2. The van der Waals surface area contributed by atoms with Crippen LogP contribution in [0.5, 0.6) is 23.0 Å². The van der Waals surface area contributed by atoms with Crippen molar-refractivity contribution in [3.8, 4) is 23.0 Å². The van der Waals surface area contributed by atoms with Crippen molar-refractivity contribution >= 4 is 23.9 Å². The molecule has 5 rings (SSSR count). The second-order valence-electron chi connectivity index (χ2n) is 16.1. The fourth-order valence-corrected chi connectivity index (χ4v) is 8.14. The van der Waals surface area contributed by atoms with Crippen molar-refractivity contribution in [1.82, 2.24) is 21.3 Å². The first-order chi connectivity index (χ1) is 32.8. The molecule has 0 atom stereocenters. The van der Waals surface area contributed by atoms with Crippen LogP contribution < -0.4 is 40.2 Å². The van der Waals surface area contributed by atoms with E-state index in [0.29, 0.717) is 96.9 Å². The third-order valence-electron chi connectivity index (χ3n) is 10.6. The lowest BCUT2D eigenvalue weighted by Crippen LogP contribution is -2.18. The molecule has 0 saturated heterocycles. The lowest BCUT2D eigenvalue weighted by atomic mass is 9.88. The van der Waals surface area contributed by atoms with E-state index in [9.17, 15) is 39.6 Å². The van der Waals surface area contributed by atoms with Gasteiger partial charge in [0.1, 0.15) is 23.0 Å². The first-order valence-electron chi connectivity index (χ1n) is 22.1. The molecule has 0 aromatic heterocycles. The van der Waals surface area contributed by atoms with Crippen molar-refractivity contribution in [2.45, 2.75) is 51.9 Å². The van der Waals surface area contributed by atoms with Gasteiger partial charge >= 0.3 is 23.9 Å². The molecule has 8 bridgehead atoms. The summed E-state index contributed by atoms with van der Waals surface area (Å²) in [6, 6.07) is 15.2. The highest BCUT2D eigenvalue weighted by Crippen LogP contribution is 2.41. The van der Waals surface area contributed by atoms with Crippen molar-refractivity contribution in [3.05, 3.63) is 166 Å². The van der Waals surface area contributed by atoms with Crippen LogP contribution in [-0.2, 0) is 71.0 Å². The number of ether oxygens (including phenoxy) is 4. The van der Waals surface area contributed by atoms with Crippen LogP contribution in [0.2, 0.25) is 0 Å². The predicted molar refractivity (Wildman–Crippen MR) is 257 cm³/mol. The summed E-state index contributed by atoms with van der Waals surface area (Å²) in [4.78, 5) is 48.9. The minimum absolute atomic E-state index is 0.0762. The molecule has 0 radical (unpaired) electrons. The summed E-state index contributed by atoms with van der Waals surface area (Å²) in [7, 11) is 0. The Morgan fingerprint density at radius 1 is 0.382 bits per heavy atom. The minimum atomic E-state index is -1.21. The van der Waals surface area contributed by atoms with Crippen LogP contribution in [0.15, 0.2) is 99.2 Å². The number of fused-ring (bicyclic) bond motifs is 8. The number of hydrogen-bond donors (Lipinski definition) is 8. The fourth-order valence-electron chi connectivity index (χ4n) is 8.14. The Labute approximate surface area is 396 Å². The van der Waals surface area contributed by atoms with Gasteiger partial charge in [-0.2, -0.15) is 0 Å². The molecule has 0 unspecified atom stereocenters. The van der Waals surface area contributed by atoms with E-state index in [-0.39, 0.29) is 48.7 Å². The largest absolute Gasteiger partial charge is 0.481 e. The van der Waals surface area contributed by atoms with Gasteiger partial charge in [0.05, 0.1) is 0 Å². The molecule has 1 aliphatic carbocycles. The van der Waals surface area contributed by atoms with Crippen LogP contribution >= 0.6 is 0 Å². The van der Waals surface area contributed by atoms with Crippen LogP contribution in [0.4, 0.5) is 0 Å². The van der Waals surface area contributed by atoms with Crippen molar-refractivity contribution in [2.24, 2.45) is 0 Å². The quantitative estimate of drug-likeness (QED) is 0.0234. The number of aliphatic carboxylic acids is 4. The molecule has 16 nitrogen and oxygen atoms in total. The Bertz CT molecular complexity index is 2070. The Balaban J connectivity index is 1.96. The molecular formula is C52H60N4O12. The van der Waals surface area contributed by atoms with E-state index in [1.54, 1.807) is 24.3 Å². The monoisotopic (exact) mass is 932 g/mol. The number of hydrogen-bond acceptors (Lipinski definition) is 12. The number of rotatable bonds is 28. The van der Waals surface area contributed by atoms with Crippen LogP contribution in [-0.4, -0.2) is 96.9 Å². The lowest BCUT2D eigenvalue weighted by molar-refractivity contribution is -0.140. The summed E-state index contributed by atoms with van der Waals surface area (Å²) in [6.45, 7) is 16.0. The van der Waals surface area contributed by atoms with Crippen molar-refractivity contribution in [3.63, 3.8) is 0 Å². The molecule has 0 heterocycles. The normalized spacial score (nSPS) is 11.8. The maximum atomic E-state index is 12.2. The zero-order valence-electron chi connectivity index (χ0n) is 38.1. The smallest absolute Gasteiger partial charge is 0.341 e. The molecule has 16 heteroatoms. The standard InChI is InChI=1S/C52H60N4O12/c1-5-9-53-25-33-13-37-21-39-15-34(26-54-10-6-2)17-41(50(39)66-30-46(59)60)23-43-19-36(28-56-12-8-4)20-44(52(43)68-32-48(63)64)24-42-18-35(27-55-11-7-3)16-40(51(42)67-31-47(61)62)22-38(14-33)49(37)65-29-45(57)58/h5-8,13-20,53-56H,1-4,9-12,21-32H2,(H,57,58)(H,59,60)(H,61,62)(H,63,64). The average molecular weight is 933 g/mol. The van der Waals surface area contributed by atoms with E-state index in [1.807, 2.05) is 48.5 Å². The highest BCUT2D eigenvalue weighted by atomic mass is 16.5. The molecule has 0 amide bonds. The van der Waals surface area contributed by atoms with E-state index in [1.165, 1.54) is 0 Å². The molecule has 1 aliphatic rings. The molecule has 68 heavy (non-hydrogen) atoms. The third-order valence-corrected chi connectivity index (χ3v) is 10.6. The van der Waals surface area contributed by atoms with Gasteiger partial charge in [0.25, 0.3) is 0 Å². The zero-order chi connectivity index (χ0) is 49.0. The summed E-state index contributed by atoms with van der Waals surface area (Å²) in [5, 5.41) is 53.3. The predicted octanol–water partition coefficient (Wildman–Crippen LogP) is 5.32. The van der Waals surface area contributed by atoms with Crippen molar-refractivity contribution < 1.29 is 58.6 Å². The van der Waals surface area contributed by atoms with Crippen LogP contribution in [0, 0.1) is 0 Å². The molecule has 8 N–H and O–H groups in total. The van der Waals surface area contributed by atoms with Gasteiger partial charge in [0.15, 0.2) is 26.4 Å².